The average molecular weight is 552 g/mol. The Morgan fingerprint density at radius 1 is 1.13 bits per heavy atom. The first kappa shape index (κ1) is 28.3. The van der Waals surface area contributed by atoms with Gasteiger partial charge >= 0.3 is 6.09 Å². The molecule has 0 aromatic rings. The number of piperidine rings is 1. The van der Waals surface area contributed by atoms with Crippen LogP contribution in [0.5, 0.6) is 0 Å². The smallest absolute Gasteiger partial charge is 0.410 e. The maximum atomic E-state index is 12.4. The number of carbonyl (C=O) groups excluding carboxylic acids is 1. The van der Waals surface area contributed by atoms with Crippen molar-refractivity contribution in [3.05, 3.63) is 0 Å². The molecular formula is C23H46IN5O2. The highest BCUT2D eigenvalue weighted by Crippen LogP contribution is 2.21. The summed E-state index contributed by atoms with van der Waals surface area (Å²) in [7, 11) is 1.88. The first-order valence-corrected chi connectivity index (χ1v) is 11.9. The van der Waals surface area contributed by atoms with Crippen molar-refractivity contribution in [3.8, 4) is 0 Å². The van der Waals surface area contributed by atoms with E-state index in [0.29, 0.717) is 12.5 Å². The lowest BCUT2D eigenvalue weighted by Gasteiger charge is -2.36. The largest absolute Gasteiger partial charge is 0.444 e. The van der Waals surface area contributed by atoms with Gasteiger partial charge in [-0.3, -0.25) is 4.99 Å². The summed E-state index contributed by atoms with van der Waals surface area (Å²) < 4.78 is 5.56. The molecule has 2 saturated heterocycles. The highest BCUT2D eigenvalue weighted by molar-refractivity contribution is 14.0. The molecule has 8 heteroatoms. The summed E-state index contributed by atoms with van der Waals surface area (Å²) >= 11 is 0. The van der Waals surface area contributed by atoms with Gasteiger partial charge in [-0.15, -0.1) is 24.0 Å². The van der Waals surface area contributed by atoms with Crippen molar-refractivity contribution < 1.29 is 9.53 Å². The molecule has 0 spiro atoms. The zero-order valence-corrected chi connectivity index (χ0v) is 23.0. The zero-order chi connectivity index (χ0) is 22.1. The van der Waals surface area contributed by atoms with E-state index in [1.165, 1.54) is 32.5 Å². The Hall–Kier alpha value is -0.770. The molecule has 1 N–H and O–H groups in total. The first-order valence-electron chi connectivity index (χ1n) is 11.9. The number of nitrogens with one attached hydrogen (secondary N) is 1. The van der Waals surface area contributed by atoms with Gasteiger partial charge in [0.25, 0.3) is 0 Å². The molecule has 7 nitrogen and oxygen atoms in total. The molecule has 31 heavy (non-hydrogen) atoms. The fourth-order valence-electron chi connectivity index (χ4n) is 4.46. The quantitative estimate of drug-likeness (QED) is 0.296. The van der Waals surface area contributed by atoms with E-state index in [4.69, 9.17) is 4.74 Å². The summed E-state index contributed by atoms with van der Waals surface area (Å²) in [6, 6.07) is 0. The number of hydrogen-bond donors (Lipinski definition) is 1. The number of nitrogens with zero attached hydrogens (tertiary/aromatic N) is 4. The van der Waals surface area contributed by atoms with Gasteiger partial charge in [0.2, 0.25) is 0 Å². The zero-order valence-electron chi connectivity index (χ0n) is 20.7. The first-order chi connectivity index (χ1) is 14.3. The molecule has 2 heterocycles. The van der Waals surface area contributed by atoms with Gasteiger partial charge in [0.15, 0.2) is 5.96 Å². The van der Waals surface area contributed by atoms with Crippen molar-refractivity contribution >= 4 is 36.0 Å². The van der Waals surface area contributed by atoms with E-state index in [2.05, 4.69) is 27.0 Å². The molecule has 2 aliphatic heterocycles. The summed E-state index contributed by atoms with van der Waals surface area (Å²) in [4.78, 5) is 23.7. The van der Waals surface area contributed by atoms with Gasteiger partial charge in [-0.2, -0.15) is 0 Å². The Morgan fingerprint density at radius 2 is 1.77 bits per heavy atom. The summed E-state index contributed by atoms with van der Waals surface area (Å²) in [5, 5.41) is 3.62. The van der Waals surface area contributed by atoms with Crippen LogP contribution in [0, 0.1) is 11.8 Å². The molecule has 1 atom stereocenters. The summed E-state index contributed by atoms with van der Waals surface area (Å²) in [6.07, 6.45) is 4.48. The van der Waals surface area contributed by atoms with E-state index in [0.717, 1.165) is 50.9 Å². The normalized spacial score (nSPS) is 21.0. The van der Waals surface area contributed by atoms with Gasteiger partial charge < -0.3 is 24.8 Å². The van der Waals surface area contributed by atoms with Crippen molar-refractivity contribution in [2.24, 2.45) is 16.8 Å². The number of aliphatic imine (C=N–C) groups is 1. The van der Waals surface area contributed by atoms with Crippen molar-refractivity contribution in [3.63, 3.8) is 0 Å². The fraction of sp³-hybridized carbons (Fsp3) is 0.913. The van der Waals surface area contributed by atoms with E-state index < -0.39 is 5.60 Å². The molecule has 1 unspecified atom stereocenters. The molecule has 2 rings (SSSR count). The van der Waals surface area contributed by atoms with Gasteiger partial charge in [-0.25, -0.2) is 4.79 Å². The fourth-order valence-corrected chi connectivity index (χ4v) is 4.46. The maximum Gasteiger partial charge on any atom is 0.410 e. The summed E-state index contributed by atoms with van der Waals surface area (Å²) in [6.45, 7) is 18.1. The summed E-state index contributed by atoms with van der Waals surface area (Å²) in [5.74, 6) is 2.27. The standard InChI is InChI=1S/C23H45N5O2.HI/c1-7-12-26-13-9-20(17-26)16-25-21(24-6)28-14-10-19(11-15-28)18-27(8-2)22(29)30-23(3,4)5;/h19-20H,7-18H2,1-6H3,(H,24,25);1H. The van der Waals surface area contributed by atoms with Crippen LogP contribution in [0.25, 0.3) is 0 Å². The highest BCUT2D eigenvalue weighted by atomic mass is 127. The van der Waals surface area contributed by atoms with Gasteiger partial charge in [0.1, 0.15) is 5.60 Å². The molecular weight excluding hydrogens is 505 g/mol. The summed E-state index contributed by atoms with van der Waals surface area (Å²) in [5.41, 5.74) is -0.446. The molecule has 0 radical (unpaired) electrons. The molecule has 0 saturated carbocycles. The molecule has 2 fully saturated rings. The minimum atomic E-state index is -0.446. The predicted octanol–water partition coefficient (Wildman–Crippen LogP) is 3.88. The minimum absolute atomic E-state index is 0. The number of ether oxygens (including phenoxy) is 1. The van der Waals surface area contributed by atoms with E-state index in [1.54, 1.807) is 0 Å². The number of carbonyl (C=O) groups is 1. The number of amides is 1. The molecule has 2 aliphatic rings. The number of likely N-dealkylation sites (tertiary alicyclic amines) is 2. The topological polar surface area (TPSA) is 60.4 Å². The number of halogens is 1. The van der Waals surface area contributed by atoms with Crippen LogP contribution in [-0.2, 0) is 4.74 Å². The molecule has 0 bridgehead atoms. The third-order valence-corrected chi connectivity index (χ3v) is 6.10. The molecule has 0 aromatic heterocycles. The van der Waals surface area contributed by atoms with E-state index in [1.807, 2.05) is 39.6 Å². The lowest BCUT2D eigenvalue weighted by atomic mass is 9.96. The van der Waals surface area contributed by atoms with Gasteiger partial charge in [-0.05, 0) is 78.3 Å². The van der Waals surface area contributed by atoms with Gasteiger partial charge in [0.05, 0.1) is 0 Å². The highest BCUT2D eigenvalue weighted by Gasteiger charge is 2.28. The number of rotatable bonds is 7. The van der Waals surface area contributed by atoms with Crippen LogP contribution in [0.4, 0.5) is 4.79 Å². The number of hydrogen-bond acceptors (Lipinski definition) is 4. The molecule has 0 aliphatic carbocycles. The van der Waals surface area contributed by atoms with Crippen molar-refractivity contribution in [2.75, 3.05) is 59.4 Å². The molecule has 0 aromatic carbocycles. The molecule has 182 valence electrons. The second-order valence-corrected chi connectivity index (χ2v) is 9.83. The second-order valence-electron chi connectivity index (χ2n) is 9.83. The Kier molecular flexibility index (Phi) is 12.5. The number of guanidine groups is 1. The lowest BCUT2D eigenvalue weighted by Crippen LogP contribution is -2.48. The Bertz CT molecular complexity index is 559. The Labute approximate surface area is 207 Å². The second kappa shape index (κ2) is 13.7. The van der Waals surface area contributed by atoms with E-state index in [-0.39, 0.29) is 30.1 Å². The van der Waals surface area contributed by atoms with Crippen LogP contribution >= 0.6 is 24.0 Å². The Morgan fingerprint density at radius 3 is 2.32 bits per heavy atom. The van der Waals surface area contributed by atoms with Gasteiger partial charge in [-0.1, -0.05) is 6.92 Å². The van der Waals surface area contributed by atoms with Gasteiger partial charge in [0, 0.05) is 46.3 Å². The van der Waals surface area contributed by atoms with Crippen molar-refractivity contribution in [1.29, 1.82) is 0 Å². The predicted molar refractivity (Wildman–Crippen MR) is 139 cm³/mol. The van der Waals surface area contributed by atoms with Crippen LogP contribution in [0.3, 0.4) is 0 Å². The average Bonchev–Trinajstić information content (AvgIpc) is 3.14. The van der Waals surface area contributed by atoms with E-state index >= 15 is 0 Å². The van der Waals surface area contributed by atoms with Crippen molar-refractivity contribution in [2.45, 2.75) is 65.9 Å². The lowest BCUT2D eigenvalue weighted by molar-refractivity contribution is 0.0214. The van der Waals surface area contributed by atoms with E-state index in [9.17, 15) is 4.79 Å². The van der Waals surface area contributed by atoms with Crippen LogP contribution in [0.1, 0.15) is 60.3 Å². The van der Waals surface area contributed by atoms with Crippen LogP contribution < -0.4 is 5.32 Å². The monoisotopic (exact) mass is 551 g/mol. The Balaban J connectivity index is 0.00000480. The maximum absolute atomic E-state index is 12.4. The van der Waals surface area contributed by atoms with Crippen LogP contribution in [0.2, 0.25) is 0 Å². The third kappa shape index (κ3) is 9.72. The minimum Gasteiger partial charge on any atom is -0.444 e. The third-order valence-electron chi connectivity index (χ3n) is 6.10. The van der Waals surface area contributed by atoms with Crippen molar-refractivity contribution in [1.82, 2.24) is 20.0 Å². The SMILES string of the molecule is CCCN1CCC(CNC(=NC)N2CCC(CN(CC)C(=O)OC(C)(C)C)CC2)C1.I. The van der Waals surface area contributed by atoms with Crippen LogP contribution in [0.15, 0.2) is 4.99 Å². The molecule has 1 amide bonds. The van der Waals surface area contributed by atoms with Crippen LogP contribution in [-0.4, -0.2) is 91.8 Å².